The standard InChI is InChI=1S/Mg.2H2O.O.Zn/h;2*1H2;;/q+2;;;;/p-2. The van der Waals surface area contributed by atoms with Crippen LogP contribution in [0.25, 0.3) is 0 Å². The Morgan fingerprint density at radius 2 is 1.00 bits per heavy atom. The van der Waals surface area contributed by atoms with E-state index in [1.807, 2.05) is 0 Å². The van der Waals surface area contributed by atoms with E-state index in [9.17, 15) is 0 Å². The molecule has 0 aromatic rings. The average Bonchev–Trinajstić information content (AvgIpc) is 1.00. The summed E-state index contributed by atoms with van der Waals surface area (Å²) in [7, 11) is 0. The zero-order valence-corrected chi connectivity index (χ0v) is 7.10. The van der Waals surface area contributed by atoms with E-state index in [2.05, 4.69) is 0 Å². The second-order valence-electron chi connectivity index (χ2n) is 0. The molecular weight excluding hydrogens is 138 g/mol. The maximum absolute atomic E-state index is 8.38. The Morgan fingerprint density at radius 3 is 1.00 bits per heavy atom. The van der Waals surface area contributed by atoms with Crippen molar-refractivity contribution in [3.05, 3.63) is 0 Å². The number of hydrogen-bond donors (Lipinski definition) is 0. The van der Waals surface area contributed by atoms with Crippen molar-refractivity contribution in [2.24, 2.45) is 0 Å². The normalized spacial score (nSPS) is 1.20. The molecule has 5 heavy (non-hydrogen) atoms. The Balaban J connectivity index is -0.00000000167. The van der Waals surface area contributed by atoms with Crippen molar-refractivity contribution in [1.29, 1.82) is 0 Å². The van der Waals surface area contributed by atoms with Crippen LogP contribution in [0.2, 0.25) is 0 Å². The summed E-state index contributed by atoms with van der Waals surface area (Å²) in [6, 6.07) is 0. The van der Waals surface area contributed by atoms with Gasteiger partial charge < -0.3 is 11.0 Å². The molecule has 3 nitrogen and oxygen atoms in total. The zero-order chi connectivity index (χ0) is 2.00. The van der Waals surface area contributed by atoms with E-state index < -0.39 is 0 Å². The fourth-order valence-corrected chi connectivity index (χ4v) is 0. The van der Waals surface area contributed by atoms with Crippen LogP contribution in [0.15, 0.2) is 0 Å². The third-order valence-electron chi connectivity index (χ3n) is 0. The van der Waals surface area contributed by atoms with Crippen LogP contribution in [0.1, 0.15) is 0 Å². The third kappa shape index (κ3) is 40.1. The van der Waals surface area contributed by atoms with E-state index in [1.54, 1.807) is 0 Å². The summed E-state index contributed by atoms with van der Waals surface area (Å²) in [5.41, 5.74) is 0. The Morgan fingerprint density at radius 1 is 1.00 bits per heavy atom. The van der Waals surface area contributed by atoms with Crippen molar-refractivity contribution in [2.75, 3.05) is 0 Å². The van der Waals surface area contributed by atoms with Crippen LogP contribution >= 0.6 is 0 Å². The predicted octanol–water partition coefficient (Wildman–Crippen LogP) is -0.856. The molecule has 0 aliphatic heterocycles. The van der Waals surface area contributed by atoms with Gasteiger partial charge in [0.05, 0.1) is 0 Å². The second kappa shape index (κ2) is 70.1. The molecule has 0 unspecified atom stereocenters. The van der Waals surface area contributed by atoms with E-state index in [4.69, 9.17) is 3.57 Å². The first-order valence-corrected chi connectivity index (χ1v) is 1.50. The number of rotatable bonds is 0. The van der Waals surface area contributed by atoms with Gasteiger partial charge >= 0.3 is 44.9 Å². The second-order valence-corrected chi connectivity index (χ2v) is 0. The Bertz CT molecular complexity index is 6.85. The molecule has 0 atom stereocenters. The van der Waals surface area contributed by atoms with Gasteiger partial charge in [0.1, 0.15) is 0 Å². The van der Waals surface area contributed by atoms with Gasteiger partial charge in [-0.25, -0.2) is 0 Å². The maximum atomic E-state index is 8.38. The molecule has 24 valence electrons. The fourth-order valence-electron chi connectivity index (χ4n) is 0. The van der Waals surface area contributed by atoms with Gasteiger partial charge in [-0.3, -0.25) is 0 Å². The monoisotopic (exact) mass is 138 g/mol. The fraction of sp³-hybridized carbons (Fsp3) is 0. The van der Waals surface area contributed by atoms with Gasteiger partial charge in [-0.15, -0.1) is 0 Å². The number of hydrogen-bond acceptors (Lipinski definition) is 3. The molecule has 0 aliphatic carbocycles. The zero-order valence-electron chi connectivity index (χ0n) is 2.72. The molecular formula is H2MgO3Zn. The summed E-state index contributed by atoms with van der Waals surface area (Å²) < 4.78 is 8.38. The van der Waals surface area contributed by atoms with Crippen LogP contribution in [0.5, 0.6) is 0 Å². The van der Waals surface area contributed by atoms with Crippen LogP contribution in [0.4, 0.5) is 0 Å². The molecule has 0 spiro atoms. The van der Waals surface area contributed by atoms with Crippen LogP contribution in [-0.4, -0.2) is 34.0 Å². The summed E-state index contributed by atoms with van der Waals surface area (Å²) >= 11 is 0.125. The molecule has 0 bridgehead atoms. The quantitative estimate of drug-likeness (QED) is 0.410. The summed E-state index contributed by atoms with van der Waals surface area (Å²) in [4.78, 5) is 0. The van der Waals surface area contributed by atoms with Gasteiger partial charge in [-0.2, -0.15) is 0 Å². The first-order valence-electron chi connectivity index (χ1n) is 0.289. The molecule has 0 rings (SSSR count). The molecule has 0 amide bonds. The van der Waals surface area contributed by atoms with E-state index in [0.29, 0.717) is 0 Å². The predicted molar refractivity (Wildman–Crippen MR) is 10.3 cm³/mol. The topological polar surface area (TPSA) is 77.1 Å². The molecule has 0 saturated heterocycles. The molecule has 0 aromatic heterocycles. The van der Waals surface area contributed by atoms with Gasteiger partial charge in [0, 0.05) is 0 Å². The van der Waals surface area contributed by atoms with Gasteiger partial charge in [0.15, 0.2) is 0 Å². The van der Waals surface area contributed by atoms with Gasteiger partial charge in [0.2, 0.25) is 0 Å². The molecule has 0 saturated carbocycles. The average molecular weight is 140 g/mol. The first-order chi connectivity index (χ1) is 1.00. The molecule has 0 aliphatic rings. The van der Waals surface area contributed by atoms with Crippen molar-refractivity contribution >= 4 is 23.1 Å². The Kier molecular flexibility index (Phi) is 502. The van der Waals surface area contributed by atoms with Crippen LogP contribution in [0.3, 0.4) is 0 Å². The molecule has 0 fully saturated rings. The van der Waals surface area contributed by atoms with Gasteiger partial charge in [-0.05, 0) is 0 Å². The third-order valence-corrected chi connectivity index (χ3v) is 0. The molecule has 2 N–H and O–H groups in total. The molecule has 5 heteroatoms. The van der Waals surface area contributed by atoms with E-state index >= 15 is 0 Å². The van der Waals surface area contributed by atoms with Gasteiger partial charge in [-0.1, -0.05) is 0 Å². The van der Waals surface area contributed by atoms with Gasteiger partial charge in [0.25, 0.3) is 0 Å². The van der Waals surface area contributed by atoms with Crippen molar-refractivity contribution < 1.29 is 32.8 Å². The van der Waals surface area contributed by atoms with Crippen LogP contribution in [0, 0.1) is 0 Å². The van der Waals surface area contributed by atoms with Crippen LogP contribution < -0.4 is 0 Å². The summed E-state index contributed by atoms with van der Waals surface area (Å²) in [6.07, 6.45) is 0. The Labute approximate surface area is 55.8 Å². The van der Waals surface area contributed by atoms with Crippen molar-refractivity contribution in [3.63, 3.8) is 0 Å². The van der Waals surface area contributed by atoms with E-state index in [1.165, 1.54) is 0 Å². The summed E-state index contributed by atoms with van der Waals surface area (Å²) in [5, 5.41) is 0. The van der Waals surface area contributed by atoms with Crippen molar-refractivity contribution in [3.8, 4) is 0 Å². The summed E-state index contributed by atoms with van der Waals surface area (Å²) in [6.45, 7) is 0. The van der Waals surface area contributed by atoms with Crippen molar-refractivity contribution in [2.45, 2.75) is 0 Å². The minimum atomic E-state index is 0. The first kappa shape index (κ1) is 35.8. The van der Waals surface area contributed by atoms with Crippen LogP contribution in [-0.2, 0) is 21.8 Å². The Hall–Kier alpha value is 1.11. The van der Waals surface area contributed by atoms with E-state index in [-0.39, 0.29) is 52.3 Å². The minimum absolute atomic E-state index is 0. The summed E-state index contributed by atoms with van der Waals surface area (Å²) in [5.74, 6) is 0. The molecule has 0 radical (unpaired) electrons. The SMILES string of the molecule is [Mg+2].[OH-].[OH-].[O]=[Zn]. The molecule has 0 aromatic carbocycles. The van der Waals surface area contributed by atoms with E-state index in [0.717, 1.165) is 0 Å². The van der Waals surface area contributed by atoms with Crippen molar-refractivity contribution in [1.82, 2.24) is 0 Å². The molecule has 0 heterocycles.